The molecule has 1 aliphatic heterocycles. The number of rotatable bonds is 2. The van der Waals surface area contributed by atoms with Crippen LogP contribution < -0.4 is 0 Å². The Balaban J connectivity index is 2.08. The van der Waals surface area contributed by atoms with Crippen molar-refractivity contribution in [3.8, 4) is 11.4 Å². The van der Waals surface area contributed by atoms with E-state index in [2.05, 4.69) is 4.98 Å². The van der Waals surface area contributed by atoms with Gasteiger partial charge in [0.05, 0.1) is 11.6 Å². The summed E-state index contributed by atoms with van der Waals surface area (Å²) >= 11 is 12.2. The first kappa shape index (κ1) is 13.5. The summed E-state index contributed by atoms with van der Waals surface area (Å²) in [6.07, 6.45) is 1.22. The van der Waals surface area contributed by atoms with Gasteiger partial charge in [0.2, 0.25) is 0 Å². The lowest BCUT2D eigenvalue weighted by Crippen LogP contribution is -2.26. The molecule has 6 heteroatoms. The van der Waals surface area contributed by atoms with E-state index in [1.54, 1.807) is 12.1 Å². The Labute approximate surface area is 126 Å². The van der Waals surface area contributed by atoms with Crippen molar-refractivity contribution in [3.63, 3.8) is 0 Å². The molecule has 2 aromatic rings. The number of aromatic nitrogens is 2. The summed E-state index contributed by atoms with van der Waals surface area (Å²) in [4.78, 5) is 15.6. The number of imidazole rings is 1. The van der Waals surface area contributed by atoms with Gasteiger partial charge in [-0.2, -0.15) is 0 Å². The molecule has 0 aliphatic carbocycles. The van der Waals surface area contributed by atoms with Crippen LogP contribution in [0.3, 0.4) is 0 Å². The van der Waals surface area contributed by atoms with Gasteiger partial charge in [-0.05, 0) is 25.0 Å². The molecule has 1 aromatic carbocycles. The topological polar surface area (TPSA) is 55.1 Å². The summed E-state index contributed by atoms with van der Waals surface area (Å²) in [5.41, 5.74) is 1.75. The molecule has 4 nitrogen and oxygen atoms in total. The monoisotopic (exact) mass is 310 g/mol. The summed E-state index contributed by atoms with van der Waals surface area (Å²) in [6.45, 7) is 0.395. The van der Waals surface area contributed by atoms with Crippen molar-refractivity contribution >= 4 is 29.2 Å². The molecular weight excluding hydrogens is 299 g/mol. The number of aliphatic carboxylic acids is 1. The van der Waals surface area contributed by atoms with Crippen LogP contribution in [-0.4, -0.2) is 20.6 Å². The zero-order valence-corrected chi connectivity index (χ0v) is 12.0. The molecule has 20 heavy (non-hydrogen) atoms. The number of hydrogen-bond acceptors (Lipinski definition) is 2. The van der Waals surface area contributed by atoms with Crippen LogP contribution in [-0.2, 0) is 17.8 Å². The minimum atomic E-state index is -0.780. The molecule has 1 unspecified atom stereocenters. The van der Waals surface area contributed by atoms with Crippen LogP contribution in [0.4, 0.5) is 0 Å². The van der Waals surface area contributed by atoms with E-state index in [0.717, 1.165) is 11.3 Å². The number of carboxylic acids is 1. The molecule has 0 saturated heterocycles. The quantitative estimate of drug-likeness (QED) is 0.923. The molecule has 104 valence electrons. The van der Waals surface area contributed by atoms with E-state index in [0.29, 0.717) is 35.4 Å². The molecule has 0 radical (unpaired) electrons. The van der Waals surface area contributed by atoms with Crippen LogP contribution >= 0.6 is 23.2 Å². The Morgan fingerprint density at radius 1 is 1.40 bits per heavy atom. The third-order valence-electron chi connectivity index (χ3n) is 3.59. The van der Waals surface area contributed by atoms with E-state index in [9.17, 15) is 9.90 Å². The van der Waals surface area contributed by atoms with Crippen molar-refractivity contribution < 1.29 is 9.90 Å². The number of nitrogens with zero attached hydrogens (tertiary/aromatic N) is 2. The van der Waals surface area contributed by atoms with Gasteiger partial charge in [0.25, 0.3) is 0 Å². The highest BCUT2D eigenvalue weighted by Crippen LogP contribution is 2.32. The second kappa shape index (κ2) is 5.11. The average Bonchev–Trinajstić information content (AvgIpc) is 2.76. The average molecular weight is 311 g/mol. The van der Waals surface area contributed by atoms with E-state index in [4.69, 9.17) is 23.2 Å². The summed E-state index contributed by atoms with van der Waals surface area (Å²) in [5.74, 6) is -0.498. The first-order chi connectivity index (χ1) is 9.56. The Bertz CT molecular complexity index is 682. The minimum absolute atomic E-state index is 0.395. The maximum absolute atomic E-state index is 11.2. The second-order valence-corrected chi connectivity index (χ2v) is 5.66. The van der Waals surface area contributed by atoms with E-state index in [1.807, 2.05) is 16.7 Å². The van der Waals surface area contributed by atoms with Crippen molar-refractivity contribution in [2.24, 2.45) is 5.92 Å². The van der Waals surface area contributed by atoms with Gasteiger partial charge in [-0.15, -0.1) is 0 Å². The van der Waals surface area contributed by atoms with Crippen LogP contribution in [0, 0.1) is 5.92 Å². The Kier molecular flexibility index (Phi) is 3.44. The number of carbonyl (C=O) groups is 1. The van der Waals surface area contributed by atoms with Crippen LogP contribution in [0.25, 0.3) is 11.4 Å². The molecule has 0 saturated carbocycles. The highest BCUT2D eigenvalue weighted by atomic mass is 35.5. The highest BCUT2D eigenvalue weighted by Gasteiger charge is 2.28. The van der Waals surface area contributed by atoms with E-state index < -0.39 is 11.9 Å². The van der Waals surface area contributed by atoms with Gasteiger partial charge in [0, 0.05) is 17.1 Å². The molecule has 0 spiro atoms. The lowest BCUT2D eigenvalue weighted by molar-refractivity contribution is -0.142. The van der Waals surface area contributed by atoms with Gasteiger partial charge in [0.15, 0.2) is 5.15 Å². The maximum atomic E-state index is 11.2. The van der Waals surface area contributed by atoms with Crippen LogP contribution in [0.5, 0.6) is 0 Å². The van der Waals surface area contributed by atoms with Crippen LogP contribution in [0.15, 0.2) is 24.3 Å². The fourth-order valence-corrected chi connectivity index (χ4v) is 3.03. The maximum Gasteiger partial charge on any atom is 0.308 e. The largest absolute Gasteiger partial charge is 0.481 e. The Morgan fingerprint density at radius 3 is 2.90 bits per heavy atom. The molecule has 2 heterocycles. The van der Waals surface area contributed by atoms with Crippen molar-refractivity contribution in [2.45, 2.75) is 19.4 Å². The second-order valence-electron chi connectivity index (χ2n) is 4.87. The third kappa shape index (κ3) is 2.30. The molecule has 0 amide bonds. The zero-order chi connectivity index (χ0) is 14.3. The molecule has 0 bridgehead atoms. The van der Waals surface area contributed by atoms with Crippen LogP contribution in [0.2, 0.25) is 10.2 Å². The minimum Gasteiger partial charge on any atom is -0.481 e. The third-order valence-corrected chi connectivity index (χ3v) is 4.13. The first-order valence-electron chi connectivity index (χ1n) is 6.30. The summed E-state index contributed by atoms with van der Waals surface area (Å²) in [5, 5.41) is 10.2. The molecule has 1 aromatic heterocycles. The van der Waals surface area contributed by atoms with Gasteiger partial charge in [0.1, 0.15) is 5.82 Å². The van der Waals surface area contributed by atoms with Crippen molar-refractivity contribution in [3.05, 3.63) is 40.1 Å². The van der Waals surface area contributed by atoms with E-state index >= 15 is 0 Å². The smallest absolute Gasteiger partial charge is 0.308 e. The summed E-state index contributed by atoms with van der Waals surface area (Å²) in [6, 6.07) is 7.32. The van der Waals surface area contributed by atoms with Crippen LogP contribution in [0.1, 0.15) is 12.1 Å². The molecule has 1 aliphatic rings. The van der Waals surface area contributed by atoms with E-state index in [1.165, 1.54) is 0 Å². The lowest BCUT2D eigenvalue weighted by atomic mass is 9.98. The fraction of sp³-hybridized carbons (Fsp3) is 0.286. The van der Waals surface area contributed by atoms with Gasteiger partial charge < -0.3 is 9.67 Å². The molecule has 1 N–H and O–H groups in total. The van der Waals surface area contributed by atoms with Crippen molar-refractivity contribution in [2.75, 3.05) is 0 Å². The Hall–Kier alpha value is -1.52. The predicted molar refractivity (Wildman–Crippen MR) is 77.1 cm³/mol. The number of hydrogen-bond donors (Lipinski definition) is 1. The summed E-state index contributed by atoms with van der Waals surface area (Å²) < 4.78 is 1.90. The Morgan fingerprint density at radius 2 is 2.20 bits per heavy atom. The van der Waals surface area contributed by atoms with Gasteiger partial charge in [-0.1, -0.05) is 35.3 Å². The molecule has 0 fully saturated rings. The SMILES string of the molecule is O=C(O)C1CCc2c(Cl)nc(-c3cccc(Cl)c3)n2C1. The molecule has 1 atom stereocenters. The number of halogens is 2. The lowest BCUT2D eigenvalue weighted by Gasteiger charge is -2.22. The number of fused-ring (bicyclic) bond motifs is 1. The zero-order valence-electron chi connectivity index (χ0n) is 10.5. The summed E-state index contributed by atoms with van der Waals surface area (Å²) in [7, 11) is 0. The predicted octanol–water partition coefficient (Wildman–Crippen LogP) is 3.50. The number of carboxylic acid groups (broad SMARTS) is 1. The standard InChI is InChI=1S/C14H12Cl2N2O2/c15-10-3-1-2-8(6-10)13-17-12(16)11-5-4-9(14(19)20)7-18(11)13/h1-3,6,9H,4-5,7H2,(H,19,20). The van der Waals surface area contributed by atoms with Gasteiger partial charge in [-0.25, -0.2) is 4.98 Å². The normalized spacial score (nSPS) is 17.8. The first-order valence-corrected chi connectivity index (χ1v) is 7.05. The van der Waals surface area contributed by atoms with Crippen molar-refractivity contribution in [1.29, 1.82) is 0 Å². The van der Waals surface area contributed by atoms with Crippen molar-refractivity contribution in [1.82, 2.24) is 9.55 Å². The molecule has 3 rings (SSSR count). The number of benzene rings is 1. The fourth-order valence-electron chi connectivity index (χ4n) is 2.56. The van der Waals surface area contributed by atoms with Gasteiger partial charge >= 0.3 is 5.97 Å². The molecular formula is C14H12Cl2N2O2. The van der Waals surface area contributed by atoms with Gasteiger partial charge in [-0.3, -0.25) is 4.79 Å². The highest BCUT2D eigenvalue weighted by molar-refractivity contribution is 6.31. The van der Waals surface area contributed by atoms with E-state index in [-0.39, 0.29) is 0 Å².